The van der Waals surface area contributed by atoms with Gasteiger partial charge in [-0.2, -0.15) is 0 Å². The van der Waals surface area contributed by atoms with Crippen LogP contribution in [0.4, 0.5) is 0 Å². The molecule has 0 aliphatic rings. The van der Waals surface area contributed by atoms with Crippen molar-refractivity contribution in [2.75, 3.05) is 6.61 Å². The van der Waals surface area contributed by atoms with E-state index in [0.29, 0.717) is 12.5 Å². The molecule has 0 unspecified atom stereocenters. The summed E-state index contributed by atoms with van der Waals surface area (Å²) in [7, 11) is 0. The molecule has 1 rings (SSSR count). The van der Waals surface area contributed by atoms with Crippen LogP contribution >= 0.6 is 0 Å². The zero-order valence-corrected chi connectivity index (χ0v) is 9.73. The Kier molecular flexibility index (Phi) is 4.63. The molecule has 2 heteroatoms. The lowest BCUT2D eigenvalue weighted by Crippen LogP contribution is -2.04. The fourth-order valence-corrected chi connectivity index (χ4v) is 1.36. The monoisotopic (exact) mass is 208 g/mol. The van der Waals surface area contributed by atoms with E-state index in [1.807, 2.05) is 24.3 Å². The first-order valence-corrected chi connectivity index (χ1v) is 5.51. The van der Waals surface area contributed by atoms with Crippen molar-refractivity contribution < 1.29 is 9.84 Å². The van der Waals surface area contributed by atoms with Crippen LogP contribution < -0.4 is 4.74 Å². The molecular formula is C13H20O2. The molecule has 0 aliphatic heterocycles. The molecule has 1 aromatic carbocycles. The number of para-hydroxylation sites is 1. The molecular weight excluding hydrogens is 188 g/mol. The number of hydrogen-bond acceptors (Lipinski definition) is 2. The smallest absolute Gasteiger partial charge is 0.125 e. The van der Waals surface area contributed by atoms with Gasteiger partial charge in [-0.05, 0) is 25.3 Å². The van der Waals surface area contributed by atoms with Gasteiger partial charge < -0.3 is 9.84 Å². The molecule has 0 spiro atoms. The van der Waals surface area contributed by atoms with E-state index in [1.165, 1.54) is 0 Å². The number of ether oxygens (including phenoxy) is 1. The molecule has 2 nitrogen and oxygen atoms in total. The van der Waals surface area contributed by atoms with Gasteiger partial charge in [0.05, 0.1) is 12.7 Å². The summed E-state index contributed by atoms with van der Waals surface area (Å²) in [6.45, 7) is 6.81. The van der Waals surface area contributed by atoms with Crippen LogP contribution in [0.15, 0.2) is 24.3 Å². The molecule has 0 fully saturated rings. The summed E-state index contributed by atoms with van der Waals surface area (Å²) in [4.78, 5) is 0. The second kappa shape index (κ2) is 5.76. The Bertz CT molecular complexity index is 292. The van der Waals surface area contributed by atoms with Gasteiger partial charge in [0.1, 0.15) is 5.75 Å². The molecule has 0 aliphatic carbocycles. The van der Waals surface area contributed by atoms with E-state index >= 15 is 0 Å². The summed E-state index contributed by atoms with van der Waals surface area (Å²) < 4.78 is 5.65. The number of hydrogen-bond donors (Lipinski definition) is 1. The molecule has 0 saturated carbocycles. The Morgan fingerprint density at radius 2 is 1.87 bits per heavy atom. The van der Waals surface area contributed by atoms with Crippen LogP contribution in [0.5, 0.6) is 5.75 Å². The Balaban J connectivity index is 2.59. The Morgan fingerprint density at radius 1 is 1.20 bits per heavy atom. The van der Waals surface area contributed by atoms with Crippen LogP contribution in [0.3, 0.4) is 0 Å². The van der Waals surface area contributed by atoms with Gasteiger partial charge in [0, 0.05) is 5.56 Å². The molecule has 15 heavy (non-hydrogen) atoms. The quantitative estimate of drug-likeness (QED) is 0.805. The normalized spacial score (nSPS) is 12.9. The second-order valence-corrected chi connectivity index (χ2v) is 4.24. The zero-order valence-electron chi connectivity index (χ0n) is 9.73. The zero-order chi connectivity index (χ0) is 11.3. The molecule has 0 radical (unpaired) electrons. The maximum Gasteiger partial charge on any atom is 0.125 e. The van der Waals surface area contributed by atoms with Crippen molar-refractivity contribution in [1.29, 1.82) is 0 Å². The summed E-state index contributed by atoms with van der Waals surface area (Å²) in [5.41, 5.74) is 0.862. The van der Waals surface area contributed by atoms with Crippen LogP contribution in [-0.4, -0.2) is 11.7 Å². The van der Waals surface area contributed by atoms with E-state index in [4.69, 9.17) is 4.74 Å². The number of aliphatic hydroxyl groups is 1. The van der Waals surface area contributed by atoms with E-state index in [0.717, 1.165) is 17.7 Å². The Morgan fingerprint density at radius 3 is 2.47 bits per heavy atom. The average molecular weight is 208 g/mol. The molecule has 0 bridgehead atoms. The fraction of sp³-hybridized carbons (Fsp3) is 0.538. The van der Waals surface area contributed by atoms with Crippen LogP contribution in [-0.2, 0) is 0 Å². The highest BCUT2D eigenvalue weighted by Crippen LogP contribution is 2.24. The first-order chi connectivity index (χ1) is 7.11. The maximum absolute atomic E-state index is 9.53. The van der Waals surface area contributed by atoms with Gasteiger partial charge in [-0.1, -0.05) is 32.0 Å². The van der Waals surface area contributed by atoms with Crippen molar-refractivity contribution in [2.45, 2.75) is 33.3 Å². The van der Waals surface area contributed by atoms with Crippen molar-refractivity contribution in [2.24, 2.45) is 5.92 Å². The molecule has 1 N–H and O–H groups in total. The third-order valence-electron chi connectivity index (χ3n) is 2.32. The largest absolute Gasteiger partial charge is 0.493 e. The molecule has 0 saturated heterocycles. The second-order valence-electron chi connectivity index (χ2n) is 4.24. The molecule has 1 atom stereocenters. The van der Waals surface area contributed by atoms with Crippen molar-refractivity contribution >= 4 is 0 Å². The lowest BCUT2D eigenvalue weighted by molar-refractivity contribution is 0.190. The third-order valence-corrected chi connectivity index (χ3v) is 2.32. The van der Waals surface area contributed by atoms with E-state index in [-0.39, 0.29) is 0 Å². The van der Waals surface area contributed by atoms with Crippen LogP contribution in [0.2, 0.25) is 0 Å². The van der Waals surface area contributed by atoms with Gasteiger partial charge in [0.25, 0.3) is 0 Å². The predicted octanol–water partition coefficient (Wildman–Crippen LogP) is 3.16. The van der Waals surface area contributed by atoms with Gasteiger partial charge in [0.15, 0.2) is 0 Å². The van der Waals surface area contributed by atoms with E-state index in [2.05, 4.69) is 13.8 Å². The maximum atomic E-state index is 9.53. The molecule has 84 valence electrons. The van der Waals surface area contributed by atoms with Crippen LogP contribution in [0.1, 0.15) is 38.9 Å². The van der Waals surface area contributed by atoms with Gasteiger partial charge in [-0.3, -0.25) is 0 Å². The van der Waals surface area contributed by atoms with Crippen molar-refractivity contribution in [1.82, 2.24) is 0 Å². The summed E-state index contributed by atoms with van der Waals surface area (Å²) in [5, 5.41) is 9.53. The van der Waals surface area contributed by atoms with Crippen molar-refractivity contribution in [3.8, 4) is 5.75 Å². The minimum atomic E-state index is -0.472. The minimum Gasteiger partial charge on any atom is -0.493 e. The summed E-state index contributed by atoms with van der Waals surface area (Å²) >= 11 is 0. The standard InChI is InChI=1S/C13H20O2/c1-10(2)8-9-15-13-7-5-4-6-12(13)11(3)14/h4-7,10-11,14H,8-9H2,1-3H3/t11-/m0/s1. The highest BCUT2D eigenvalue weighted by molar-refractivity contribution is 5.34. The third kappa shape index (κ3) is 3.92. The summed E-state index contributed by atoms with van der Waals surface area (Å²) in [5.74, 6) is 1.44. The average Bonchev–Trinajstić information content (AvgIpc) is 2.17. The Labute approximate surface area is 91.9 Å². The topological polar surface area (TPSA) is 29.5 Å². The number of rotatable bonds is 5. The first-order valence-electron chi connectivity index (χ1n) is 5.51. The summed E-state index contributed by atoms with van der Waals surface area (Å²) in [6.07, 6.45) is 0.564. The molecule has 0 amide bonds. The first kappa shape index (κ1) is 12.1. The van der Waals surface area contributed by atoms with Crippen LogP contribution in [0, 0.1) is 5.92 Å². The van der Waals surface area contributed by atoms with Crippen LogP contribution in [0.25, 0.3) is 0 Å². The highest BCUT2D eigenvalue weighted by Gasteiger charge is 2.07. The summed E-state index contributed by atoms with van der Waals surface area (Å²) in [6, 6.07) is 7.64. The van der Waals surface area contributed by atoms with Crippen molar-refractivity contribution in [3.63, 3.8) is 0 Å². The van der Waals surface area contributed by atoms with Crippen molar-refractivity contribution in [3.05, 3.63) is 29.8 Å². The van der Waals surface area contributed by atoms with Gasteiger partial charge >= 0.3 is 0 Å². The molecule has 1 aromatic rings. The number of aliphatic hydroxyl groups excluding tert-OH is 1. The lowest BCUT2D eigenvalue weighted by Gasteiger charge is -2.13. The fourth-order valence-electron chi connectivity index (χ4n) is 1.36. The minimum absolute atomic E-state index is 0.472. The molecule has 0 aromatic heterocycles. The number of benzene rings is 1. The van der Waals surface area contributed by atoms with E-state index < -0.39 is 6.10 Å². The van der Waals surface area contributed by atoms with E-state index in [1.54, 1.807) is 6.92 Å². The van der Waals surface area contributed by atoms with E-state index in [9.17, 15) is 5.11 Å². The van der Waals surface area contributed by atoms with Gasteiger partial charge in [-0.25, -0.2) is 0 Å². The predicted molar refractivity (Wildman–Crippen MR) is 62.0 cm³/mol. The Hall–Kier alpha value is -1.02. The molecule has 0 heterocycles. The van der Waals surface area contributed by atoms with Gasteiger partial charge in [0.2, 0.25) is 0 Å². The highest BCUT2D eigenvalue weighted by atomic mass is 16.5. The SMILES string of the molecule is CC(C)CCOc1ccccc1[C@H](C)O. The van der Waals surface area contributed by atoms with Gasteiger partial charge in [-0.15, -0.1) is 0 Å². The lowest BCUT2D eigenvalue weighted by atomic mass is 10.1.